The van der Waals surface area contributed by atoms with Crippen molar-refractivity contribution in [3.8, 4) is 11.1 Å². The number of fused-ring (bicyclic) bond motifs is 1. The third kappa shape index (κ3) is 5.36. The Bertz CT molecular complexity index is 1290. The van der Waals surface area contributed by atoms with Gasteiger partial charge in [0, 0.05) is 43.5 Å². The number of nitrogens with zero attached hydrogens (tertiary/aromatic N) is 4. The predicted molar refractivity (Wildman–Crippen MR) is 151 cm³/mol. The summed E-state index contributed by atoms with van der Waals surface area (Å²) in [6, 6.07) is 7.23. The summed E-state index contributed by atoms with van der Waals surface area (Å²) in [5.74, 6) is 1.52. The fraction of sp³-hybridized carbons (Fsp3) is 0.548. The van der Waals surface area contributed by atoms with Crippen LogP contribution in [-0.4, -0.2) is 63.4 Å². The standard InChI is InChI=1S/C31H42FN5O/c1-5-36(20(2)3)31(38)29-15-25(32)8-11-27(29)28-14-24(19-37-21(4)34-16-30(28)37)23-12-13-35(18-23)17-22-6-9-26(33)10-7-22/h8,11,14-16,19-20,22-23,26H,5-7,9-10,12-13,17-18,33H2,1-4H3. The van der Waals surface area contributed by atoms with Crippen molar-refractivity contribution in [3.63, 3.8) is 0 Å². The van der Waals surface area contributed by atoms with Crippen molar-refractivity contribution >= 4 is 11.4 Å². The van der Waals surface area contributed by atoms with Gasteiger partial charge in [0.05, 0.1) is 17.3 Å². The molecule has 1 amide bonds. The Hall–Kier alpha value is -2.77. The van der Waals surface area contributed by atoms with Crippen LogP contribution in [0.2, 0.25) is 0 Å². The first-order valence-corrected chi connectivity index (χ1v) is 14.3. The number of hydrogen-bond acceptors (Lipinski definition) is 4. The largest absolute Gasteiger partial charge is 0.336 e. The van der Waals surface area contributed by atoms with Crippen molar-refractivity contribution in [2.45, 2.75) is 77.8 Å². The van der Waals surface area contributed by atoms with E-state index in [1.165, 1.54) is 30.5 Å². The molecule has 2 fully saturated rings. The third-order valence-corrected chi connectivity index (χ3v) is 8.73. The summed E-state index contributed by atoms with van der Waals surface area (Å²) >= 11 is 0. The van der Waals surface area contributed by atoms with Gasteiger partial charge in [-0.15, -0.1) is 0 Å². The average Bonchev–Trinajstić information content (AvgIpc) is 3.52. The number of carbonyl (C=O) groups is 1. The van der Waals surface area contributed by atoms with Gasteiger partial charge in [0.2, 0.25) is 0 Å². The molecule has 1 unspecified atom stereocenters. The molecule has 5 rings (SSSR count). The summed E-state index contributed by atoms with van der Waals surface area (Å²) in [6.07, 6.45) is 9.95. The topological polar surface area (TPSA) is 66.9 Å². The first-order valence-electron chi connectivity index (χ1n) is 14.3. The molecule has 2 aliphatic rings. The van der Waals surface area contributed by atoms with Crippen molar-refractivity contribution in [1.82, 2.24) is 19.2 Å². The number of amides is 1. The second-order valence-corrected chi connectivity index (χ2v) is 11.6. The molecule has 1 aromatic carbocycles. The maximum Gasteiger partial charge on any atom is 0.254 e. The maximum absolute atomic E-state index is 14.5. The fourth-order valence-corrected chi connectivity index (χ4v) is 6.51. The highest BCUT2D eigenvalue weighted by Crippen LogP contribution is 2.36. The minimum atomic E-state index is -0.399. The highest BCUT2D eigenvalue weighted by atomic mass is 19.1. The summed E-state index contributed by atoms with van der Waals surface area (Å²) in [4.78, 5) is 22.6. The minimum absolute atomic E-state index is 0.0246. The molecule has 0 radical (unpaired) electrons. The molecule has 0 bridgehead atoms. The van der Waals surface area contributed by atoms with Crippen molar-refractivity contribution in [2.75, 3.05) is 26.2 Å². The number of rotatable bonds is 7. The predicted octanol–water partition coefficient (Wildman–Crippen LogP) is 5.63. The molecule has 0 spiro atoms. The van der Waals surface area contributed by atoms with Crippen molar-refractivity contribution in [2.24, 2.45) is 11.7 Å². The second-order valence-electron chi connectivity index (χ2n) is 11.6. The summed E-state index contributed by atoms with van der Waals surface area (Å²) < 4.78 is 16.6. The number of hydrogen-bond donors (Lipinski definition) is 1. The van der Waals surface area contributed by atoms with Gasteiger partial charge in [-0.1, -0.05) is 6.07 Å². The molecule has 7 heteroatoms. The van der Waals surface area contributed by atoms with E-state index in [2.05, 4.69) is 26.5 Å². The zero-order valence-electron chi connectivity index (χ0n) is 23.3. The zero-order valence-corrected chi connectivity index (χ0v) is 23.3. The van der Waals surface area contributed by atoms with Gasteiger partial charge >= 0.3 is 0 Å². The van der Waals surface area contributed by atoms with E-state index in [-0.39, 0.29) is 11.9 Å². The maximum atomic E-state index is 14.5. The molecule has 2 aromatic heterocycles. The smallest absolute Gasteiger partial charge is 0.254 e. The molecule has 2 N–H and O–H groups in total. The lowest BCUT2D eigenvalue weighted by molar-refractivity contribution is 0.0717. The molecule has 1 aliphatic heterocycles. The summed E-state index contributed by atoms with van der Waals surface area (Å²) in [7, 11) is 0. The zero-order chi connectivity index (χ0) is 27.0. The number of likely N-dealkylation sites (tertiary alicyclic amines) is 1. The van der Waals surface area contributed by atoms with Gasteiger partial charge in [-0.05, 0) is 108 Å². The first-order chi connectivity index (χ1) is 18.2. The molecular weight excluding hydrogens is 477 g/mol. The van der Waals surface area contributed by atoms with E-state index < -0.39 is 5.82 Å². The second kappa shape index (κ2) is 11.1. The first kappa shape index (κ1) is 26.8. The molecule has 3 aromatic rings. The molecular formula is C31H42FN5O. The van der Waals surface area contributed by atoms with Gasteiger partial charge in [0.1, 0.15) is 11.6 Å². The lowest BCUT2D eigenvalue weighted by Crippen LogP contribution is -2.37. The van der Waals surface area contributed by atoms with E-state index in [1.807, 2.05) is 33.9 Å². The number of aryl methyl sites for hydroxylation is 1. The van der Waals surface area contributed by atoms with Gasteiger partial charge in [-0.3, -0.25) is 4.79 Å². The van der Waals surface area contributed by atoms with Gasteiger partial charge in [0.15, 0.2) is 0 Å². The van der Waals surface area contributed by atoms with Crippen molar-refractivity contribution in [3.05, 3.63) is 59.4 Å². The monoisotopic (exact) mass is 519 g/mol. The number of benzene rings is 1. The Kier molecular flexibility index (Phi) is 7.87. The number of imidazole rings is 1. The lowest BCUT2D eigenvalue weighted by Gasteiger charge is -2.29. The van der Waals surface area contributed by atoms with Crippen LogP contribution in [0.5, 0.6) is 0 Å². The Morgan fingerprint density at radius 1 is 1.16 bits per heavy atom. The van der Waals surface area contributed by atoms with E-state index in [9.17, 15) is 9.18 Å². The van der Waals surface area contributed by atoms with Gasteiger partial charge in [0.25, 0.3) is 5.91 Å². The molecule has 1 aliphatic carbocycles. The molecule has 1 saturated carbocycles. The summed E-state index contributed by atoms with van der Waals surface area (Å²) in [5, 5.41) is 0. The van der Waals surface area contributed by atoms with Crippen molar-refractivity contribution in [1.29, 1.82) is 0 Å². The highest BCUT2D eigenvalue weighted by Gasteiger charge is 2.29. The highest BCUT2D eigenvalue weighted by molar-refractivity contribution is 6.03. The number of carbonyl (C=O) groups excluding carboxylic acids is 1. The van der Waals surface area contributed by atoms with Crippen LogP contribution in [-0.2, 0) is 0 Å². The van der Waals surface area contributed by atoms with Crippen LogP contribution in [0.3, 0.4) is 0 Å². The molecule has 204 valence electrons. The number of aromatic nitrogens is 2. The van der Waals surface area contributed by atoms with Crippen LogP contribution < -0.4 is 5.73 Å². The number of nitrogens with two attached hydrogens (primary N) is 1. The van der Waals surface area contributed by atoms with Gasteiger partial charge < -0.3 is 19.9 Å². The Balaban J connectivity index is 1.49. The van der Waals surface area contributed by atoms with Gasteiger partial charge in [-0.2, -0.15) is 0 Å². The van der Waals surface area contributed by atoms with E-state index in [1.54, 1.807) is 11.0 Å². The van der Waals surface area contributed by atoms with Crippen LogP contribution >= 0.6 is 0 Å². The molecule has 6 nitrogen and oxygen atoms in total. The van der Waals surface area contributed by atoms with Crippen LogP contribution in [0.25, 0.3) is 16.6 Å². The molecule has 1 atom stereocenters. The van der Waals surface area contributed by atoms with Crippen LogP contribution in [0.15, 0.2) is 36.7 Å². The van der Waals surface area contributed by atoms with Crippen LogP contribution in [0, 0.1) is 18.7 Å². The lowest BCUT2D eigenvalue weighted by atomic mass is 9.86. The van der Waals surface area contributed by atoms with E-state index in [0.29, 0.717) is 24.1 Å². The fourth-order valence-electron chi connectivity index (χ4n) is 6.51. The summed E-state index contributed by atoms with van der Waals surface area (Å²) in [5.41, 5.74) is 10.4. The Morgan fingerprint density at radius 2 is 1.92 bits per heavy atom. The normalized spacial score (nSPS) is 22.4. The average molecular weight is 520 g/mol. The number of halogens is 1. The minimum Gasteiger partial charge on any atom is -0.336 e. The summed E-state index contributed by atoms with van der Waals surface area (Å²) in [6.45, 7) is 11.8. The van der Waals surface area contributed by atoms with E-state index in [4.69, 9.17) is 5.73 Å². The Morgan fingerprint density at radius 3 is 2.63 bits per heavy atom. The van der Waals surface area contributed by atoms with Gasteiger partial charge in [-0.25, -0.2) is 9.37 Å². The van der Waals surface area contributed by atoms with Crippen LogP contribution in [0.4, 0.5) is 4.39 Å². The molecule has 3 heterocycles. The van der Waals surface area contributed by atoms with E-state index >= 15 is 0 Å². The molecule has 1 saturated heterocycles. The van der Waals surface area contributed by atoms with Crippen LogP contribution in [0.1, 0.15) is 80.5 Å². The number of pyridine rings is 1. The van der Waals surface area contributed by atoms with E-state index in [0.717, 1.165) is 67.3 Å². The quantitative estimate of drug-likeness (QED) is 0.440. The van der Waals surface area contributed by atoms with Crippen molar-refractivity contribution < 1.29 is 9.18 Å². The third-order valence-electron chi connectivity index (χ3n) is 8.73. The Labute approximate surface area is 226 Å². The SMILES string of the molecule is CCN(C(=O)c1cc(F)ccc1-c1cc(C2CCN(CC3CCC(N)CC3)C2)cn2c(C)ncc12)C(C)C. The molecule has 38 heavy (non-hydrogen) atoms.